The molecule has 0 aromatic carbocycles. The number of rotatable bonds is 5. The first kappa shape index (κ1) is 24.3. The summed E-state index contributed by atoms with van der Waals surface area (Å²) in [4.78, 5) is 34.2. The molecule has 0 unspecified atom stereocenters. The Balaban J connectivity index is 1.16. The van der Waals surface area contributed by atoms with Gasteiger partial charge >= 0.3 is 6.18 Å². The average molecular weight is 528 g/mol. The number of anilines is 3. The number of aromatic nitrogens is 4. The van der Waals surface area contributed by atoms with Gasteiger partial charge in [0.05, 0.1) is 18.5 Å². The van der Waals surface area contributed by atoms with E-state index in [0.717, 1.165) is 42.0 Å². The number of carbonyl (C=O) groups excluding carboxylic acids is 1. The number of hydrogen-bond donors (Lipinski definition) is 1. The van der Waals surface area contributed by atoms with Crippen molar-refractivity contribution in [1.29, 1.82) is 0 Å². The topological polar surface area (TPSA) is 106 Å². The van der Waals surface area contributed by atoms with Gasteiger partial charge in [0.25, 0.3) is 5.91 Å². The van der Waals surface area contributed by atoms with E-state index >= 15 is 0 Å². The lowest BCUT2D eigenvalue weighted by Gasteiger charge is -2.47. The summed E-state index contributed by atoms with van der Waals surface area (Å²) in [5, 5.41) is 3.24. The molecular formula is C25H24F3N7O3. The van der Waals surface area contributed by atoms with Gasteiger partial charge in [-0.2, -0.15) is 18.2 Å². The Morgan fingerprint density at radius 3 is 2.71 bits per heavy atom. The fourth-order valence-electron chi connectivity index (χ4n) is 5.04. The van der Waals surface area contributed by atoms with Gasteiger partial charge in [0.15, 0.2) is 5.82 Å². The molecule has 1 amide bonds. The second-order valence-electron chi connectivity index (χ2n) is 9.46. The van der Waals surface area contributed by atoms with Gasteiger partial charge in [0.1, 0.15) is 22.7 Å². The maximum atomic E-state index is 13.4. The van der Waals surface area contributed by atoms with E-state index in [1.807, 2.05) is 16.8 Å². The zero-order valence-electron chi connectivity index (χ0n) is 20.5. The highest BCUT2D eigenvalue weighted by molar-refractivity contribution is 6.09. The van der Waals surface area contributed by atoms with Gasteiger partial charge in [-0.1, -0.05) is 6.07 Å². The van der Waals surface area contributed by atoms with Crippen LogP contribution in [0.4, 0.5) is 30.6 Å². The van der Waals surface area contributed by atoms with E-state index < -0.39 is 17.4 Å². The number of carbonyl (C=O) groups is 1. The van der Waals surface area contributed by atoms with Crippen LogP contribution in [-0.2, 0) is 28.7 Å². The van der Waals surface area contributed by atoms with Gasteiger partial charge in [-0.3, -0.25) is 4.79 Å². The fourth-order valence-corrected chi connectivity index (χ4v) is 5.04. The Bertz CT molecular complexity index is 1360. The van der Waals surface area contributed by atoms with Crippen LogP contribution in [-0.4, -0.2) is 58.2 Å². The number of nitrogens with zero attached hydrogens (tertiary/aromatic N) is 6. The van der Waals surface area contributed by atoms with Crippen molar-refractivity contribution in [1.82, 2.24) is 19.9 Å². The van der Waals surface area contributed by atoms with Crippen molar-refractivity contribution in [3.63, 3.8) is 0 Å². The predicted octanol–water partition coefficient (Wildman–Crippen LogP) is 3.58. The van der Waals surface area contributed by atoms with Crippen molar-refractivity contribution < 1.29 is 27.4 Å². The average Bonchev–Trinajstić information content (AvgIpc) is 3.41. The normalized spacial score (nSPS) is 20.6. The molecule has 38 heavy (non-hydrogen) atoms. The molecule has 1 N–H and O–H groups in total. The quantitative estimate of drug-likeness (QED) is 0.533. The number of ether oxygens (including phenoxy) is 2. The van der Waals surface area contributed by atoms with Crippen LogP contribution >= 0.6 is 0 Å². The predicted molar refractivity (Wildman–Crippen MR) is 130 cm³/mol. The largest absolute Gasteiger partial charge is 0.437 e. The van der Waals surface area contributed by atoms with E-state index in [4.69, 9.17) is 19.4 Å². The number of likely N-dealkylation sites (N-methyl/N-ethyl adjacent to an activating group) is 1. The third kappa shape index (κ3) is 4.16. The molecule has 3 aliphatic rings. The molecule has 6 heterocycles. The fraction of sp³-hybridized carbons (Fsp3) is 0.400. The molecule has 3 aromatic rings. The SMILES string of the molecule is CN1c2nc(NCc3ccc(Oc4ccc(C(F)(F)F)nc4)nc3)nc3c2N(CCC3)C(=O)[C@]12CCOC2. The molecule has 0 aliphatic carbocycles. The van der Waals surface area contributed by atoms with Gasteiger partial charge < -0.3 is 24.6 Å². The van der Waals surface area contributed by atoms with Crippen molar-refractivity contribution in [2.75, 3.05) is 41.9 Å². The zero-order chi connectivity index (χ0) is 26.5. The second-order valence-corrected chi connectivity index (χ2v) is 9.46. The number of halogens is 3. The maximum absolute atomic E-state index is 13.4. The lowest BCUT2D eigenvalue weighted by atomic mass is 9.89. The Kier molecular flexibility index (Phi) is 5.82. The molecule has 10 nitrogen and oxygen atoms in total. The summed E-state index contributed by atoms with van der Waals surface area (Å²) in [5.74, 6) is 1.59. The van der Waals surface area contributed by atoms with Crippen molar-refractivity contribution >= 4 is 23.4 Å². The summed E-state index contributed by atoms with van der Waals surface area (Å²) in [7, 11) is 1.89. The molecule has 1 atom stereocenters. The Morgan fingerprint density at radius 1 is 1.16 bits per heavy atom. The molecular weight excluding hydrogens is 503 g/mol. The van der Waals surface area contributed by atoms with Gasteiger partial charge in [-0.05, 0) is 30.5 Å². The first-order valence-electron chi connectivity index (χ1n) is 12.2. The van der Waals surface area contributed by atoms with Crippen molar-refractivity contribution in [3.8, 4) is 11.6 Å². The van der Waals surface area contributed by atoms with Gasteiger partial charge in [0.2, 0.25) is 11.8 Å². The summed E-state index contributed by atoms with van der Waals surface area (Å²) >= 11 is 0. The second kappa shape index (κ2) is 9.08. The van der Waals surface area contributed by atoms with E-state index in [1.54, 1.807) is 18.3 Å². The molecule has 3 aliphatic heterocycles. The minimum absolute atomic E-state index is 0.0516. The summed E-state index contributed by atoms with van der Waals surface area (Å²) in [6.07, 6.45) is 0.293. The maximum Gasteiger partial charge on any atom is 0.433 e. The van der Waals surface area contributed by atoms with E-state index in [0.29, 0.717) is 44.5 Å². The lowest BCUT2D eigenvalue weighted by Crippen LogP contribution is -2.64. The molecule has 1 spiro atoms. The molecule has 13 heteroatoms. The van der Waals surface area contributed by atoms with E-state index in [-0.39, 0.29) is 17.5 Å². The van der Waals surface area contributed by atoms with Crippen LogP contribution in [0.25, 0.3) is 0 Å². The highest BCUT2D eigenvalue weighted by atomic mass is 19.4. The third-order valence-corrected chi connectivity index (χ3v) is 7.10. The number of nitrogens with one attached hydrogen (secondary N) is 1. The highest BCUT2D eigenvalue weighted by Crippen LogP contribution is 2.45. The van der Waals surface area contributed by atoms with Crippen LogP contribution in [0.3, 0.4) is 0 Å². The summed E-state index contributed by atoms with van der Waals surface area (Å²) in [6.45, 7) is 1.90. The number of alkyl halides is 3. The third-order valence-electron chi connectivity index (χ3n) is 7.10. The summed E-state index contributed by atoms with van der Waals surface area (Å²) in [6, 6.07) is 5.45. The van der Waals surface area contributed by atoms with Crippen LogP contribution < -0.4 is 19.9 Å². The summed E-state index contributed by atoms with van der Waals surface area (Å²) in [5.41, 5.74) is 0.714. The van der Waals surface area contributed by atoms with Crippen LogP contribution in [0.5, 0.6) is 11.6 Å². The Labute approximate surface area is 215 Å². The first-order chi connectivity index (χ1) is 18.2. The monoisotopic (exact) mass is 527 g/mol. The van der Waals surface area contributed by atoms with Gasteiger partial charge in [0, 0.05) is 45.4 Å². The van der Waals surface area contributed by atoms with Crippen LogP contribution in [0.15, 0.2) is 36.7 Å². The van der Waals surface area contributed by atoms with Crippen molar-refractivity contribution in [2.45, 2.75) is 37.5 Å². The number of pyridine rings is 2. The first-order valence-corrected chi connectivity index (χ1v) is 12.2. The van der Waals surface area contributed by atoms with E-state index in [1.165, 1.54) is 6.07 Å². The molecule has 0 saturated carbocycles. The summed E-state index contributed by atoms with van der Waals surface area (Å²) < 4.78 is 49.2. The minimum atomic E-state index is -4.51. The van der Waals surface area contributed by atoms with Crippen LogP contribution in [0, 0.1) is 0 Å². The molecule has 1 fully saturated rings. The Morgan fingerprint density at radius 2 is 2.03 bits per heavy atom. The van der Waals surface area contributed by atoms with Crippen molar-refractivity contribution in [3.05, 3.63) is 53.6 Å². The minimum Gasteiger partial charge on any atom is -0.437 e. The van der Waals surface area contributed by atoms with Gasteiger partial charge in [-0.15, -0.1) is 0 Å². The molecule has 0 radical (unpaired) electrons. The van der Waals surface area contributed by atoms with Crippen molar-refractivity contribution in [2.24, 2.45) is 0 Å². The molecule has 0 bridgehead atoms. The van der Waals surface area contributed by atoms with E-state index in [9.17, 15) is 18.0 Å². The van der Waals surface area contributed by atoms with Crippen LogP contribution in [0.2, 0.25) is 0 Å². The highest BCUT2D eigenvalue weighted by Gasteiger charge is 2.54. The number of hydrogen-bond acceptors (Lipinski definition) is 9. The Hall–Kier alpha value is -4.00. The van der Waals surface area contributed by atoms with Crippen LogP contribution in [0.1, 0.15) is 29.8 Å². The molecule has 6 rings (SSSR count). The number of aryl methyl sites for hydroxylation is 1. The zero-order valence-corrected chi connectivity index (χ0v) is 20.5. The van der Waals surface area contributed by atoms with Gasteiger partial charge in [-0.25, -0.2) is 15.0 Å². The standard InChI is InChI=1S/C25H24F3N7O3/c1-34-21-20-17(3-2-9-35(20)22(36)24(34)8-10-37-14-24)32-23(33-21)31-12-15-4-7-19(30-11-15)38-16-5-6-18(29-13-16)25(26,27)28/h4-7,11,13H,2-3,8-10,12,14H2,1H3,(H,31,32,33)/t24-/m1/s1. The van der Waals surface area contributed by atoms with E-state index in [2.05, 4.69) is 15.3 Å². The lowest BCUT2D eigenvalue weighted by molar-refractivity contribution is -0.141. The molecule has 3 aromatic heterocycles. The number of amides is 1. The molecule has 1 saturated heterocycles. The smallest absolute Gasteiger partial charge is 0.433 e. The molecule has 198 valence electrons.